The highest BCUT2D eigenvalue weighted by molar-refractivity contribution is 9.12. The van der Waals surface area contributed by atoms with Gasteiger partial charge in [0.2, 0.25) is 0 Å². The van der Waals surface area contributed by atoms with Crippen molar-refractivity contribution in [2.45, 2.75) is 44.3 Å². The van der Waals surface area contributed by atoms with Crippen LogP contribution in [-0.4, -0.2) is 24.8 Å². The van der Waals surface area contributed by atoms with Gasteiger partial charge in [-0.3, -0.25) is 4.79 Å². The Morgan fingerprint density at radius 2 is 2.06 bits per heavy atom. The fourth-order valence-corrected chi connectivity index (χ4v) is 3.53. The SMILES string of the molecule is O=C1CCOC2C3=C(CCCC3)C(Br)=C[C@@H]2O1. The van der Waals surface area contributed by atoms with E-state index in [-0.39, 0.29) is 18.2 Å². The van der Waals surface area contributed by atoms with Gasteiger partial charge in [-0.2, -0.15) is 0 Å². The van der Waals surface area contributed by atoms with Crippen molar-refractivity contribution in [3.05, 3.63) is 21.7 Å². The van der Waals surface area contributed by atoms with Crippen LogP contribution in [-0.2, 0) is 14.3 Å². The lowest BCUT2D eigenvalue weighted by atomic mass is 9.83. The van der Waals surface area contributed by atoms with E-state index < -0.39 is 0 Å². The van der Waals surface area contributed by atoms with E-state index in [1.807, 2.05) is 6.08 Å². The molecule has 0 N–H and O–H groups in total. The van der Waals surface area contributed by atoms with Crippen LogP contribution in [0.25, 0.3) is 0 Å². The number of carbonyl (C=O) groups excluding carboxylic acids is 1. The molecule has 2 aliphatic carbocycles. The first-order chi connectivity index (χ1) is 8.25. The van der Waals surface area contributed by atoms with E-state index >= 15 is 0 Å². The van der Waals surface area contributed by atoms with E-state index in [2.05, 4.69) is 15.9 Å². The second kappa shape index (κ2) is 4.58. The van der Waals surface area contributed by atoms with E-state index in [0.717, 1.165) is 17.3 Å². The largest absolute Gasteiger partial charge is 0.455 e. The molecule has 1 unspecified atom stereocenters. The molecule has 0 amide bonds. The maximum atomic E-state index is 11.4. The monoisotopic (exact) mass is 298 g/mol. The van der Waals surface area contributed by atoms with Gasteiger partial charge in [0.15, 0.2) is 6.10 Å². The summed E-state index contributed by atoms with van der Waals surface area (Å²) in [6, 6.07) is 0. The minimum absolute atomic E-state index is 0.0435. The molecule has 1 saturated heterocycles. The Bertz CT molecular complexity index is 411. The number of ether oxygens (including phenoxy) is 2. The van der Waals surface area contributed by atoms with Crippen LogP contribution in [0.15, 0.2) is 21.7 Å². The molecule has 1 heterocycles. The van der Waals surface area contributed by atoms with E-state index in [0.29, 0.717) is 13.0 Å². The highest BCUT2D eigenvalue weighted by Gasteiger charge is 2.36. The number of carbonyl (C=O) groups is 1. The molecule has 0 bridgehead atoms. The van der Waals surface area contributed by atoms with Gasteiger partial charge in [0.05, 0.1) is 13.0 Å². The summed E-state index contributed by atoms with van der Waals surface area (Å²) in [5.74, 6) is -0.158. The fraction of sp³-hybridized carbons (Fsp3) is 0.615. The topological polar surface area (TPSA) is 35.5 Å². The van der Waals surface area contributed by atoms with Gasteiger partial charge in [-0.1, -0.05) is 15.9 Å². The van der Waals surface area contributed by atoms with Gasteiger partial charge in [0, 0.05) is 4.48 Å². The van der Waals surface area contributed by atoms with E-state index in [9.17, 15) is 4.79 Å². The zero-order chi connectivity index (χ0) is 11.8. The molecule has 3 aliphatic rings. The van der Waals surface area contributed by atoms with Crippen LogP contribution in [0.3, 0.4) is 0 Å². The summed E-state index contributed by atoms with van der Waals surface area (Å²) in [4.78, 5) is 11.4. The fourth-order valence-electron chi connectivity index (χ4n) is 2.82. The molecular formula is C13H15BrO3. The maximum absolute atomic E-state index is 11.4. The molecule has 0 aromatic rings. The molecular weight excluding hydrogens is 284 g/mol. The van der Waals surface area contributed by atoms with Crippen molar-refractivity contribution >= 4 is 21.9 Å². The second-order valence-corrected chi connectivity index (χ2v) is 5.58. The first-order valence-electron chi connectivity index (χ1n) is 6.16. The summed E-state index contributed by atoms with van der Waals surface area (Å²) in [5.41, 5.74) is 2.71. The predicted octanol–water partition coefficient (Wildman–Crippen LogP) is 2.85. The lowest BCUT2D eigenvalue weighted by molar-refractivity contribution is -0.146. The van der Waals surface area contributed by atoms with Gasteiger partial charge in [0.25, 0.3) is 0 Å². The maximum Gasteiger partial charge on any atom is 0.308 e. The Morgan fingerprint density at radius 1 is 1.24 bits per heavy atom. The van der Waals surface area contributed by atoms with Crippen molar-refractivity contribution < 1.29 is 14.3 Å². The molecule has 3 nitrogen and oxygen atoms in total. The molecule has 1 aliphatic heterocycles. The highest BCUT2D eigenvalue weighted by atomic mass is 79.9. The van der Waals surface area contributed by atoms with Crippen LogP contribution in [0, 0.1) is 0 Å². The molecule has 0 saturated carbocycles. The standard InChI is InChI=1S/C13H15BrO3/c14-10-7-11-13(16-6-5-12(15)17-11)9-4-2-1-3-8(9)10/h7,11,13H,1-6H2/t11-,13?/m0/s1. The molecule has 0 radical (unpaired) electrons. The Hall–Kier alpha value is -0.610. The summed E-state index contributed by atoms with van der Waals surface area (Å²) in [5, 5.41) is 0. The summed E-state index contributed by atoms with van der Waals surface area (Å²) in [6.07, 6.45) is 6.68. The molecule has 2 atom stereocenters. The van der Waals surface area contributed by atoms with Crippen LogP contribution >= 0.6 is 15.9 Å². The lowest BCUT2D eigenvalue weighted by Crippen LogP contribution is -2.35. The smallest absolute Gasteiger partial charge is 0.308 e. The first-order valence-corrected chi connectivity index (χ1v) is 6.95. The van der Waals surface area contributed by atoms with Gasteiger partial charge in [-0.25, -0.2) is 0 Å². The molecule has 92 valence electrons. The van der Waals surface area contributed by atoms with Crippen LogP contribution in [0.4, 0.5) is 0 Å². The molecule has 0 aromatic carbocycles. The Balaban J connectivity index is 1.96. The average molecular weight is 299 g/mol. The van der Waals surface area contributed by atoms with Crippen LogP contribution in [0.5, 0.6) is 0 Å². The van der Waals surface area contributed by atoms with E-state index in [1.54, 1.807) is 0 Å². The van der Waals surface area contributed by atoms with Gasteiger partial charge in [0.1, 0.15) is 6.10 Å². The van der Waals surface area contributed by atoms with Crippen molar-refractivity contribution in [2.24, 2.45) is 0 Å². The first kappa shape index (κ1) is 11.5. The number of esters is 1. The molecule has 17 heavy (non-hydrogen) atoms. The Morgan fingerprint density at radius 3 is 2.94 bits per heavy atom. The normalized spacial score (nSPS) is 33.2. The number of hydrogen-bond donors (Lipinski definition) is 0. The summed E-state index contributed by atoms with van der Waals surface area (Å²) in [7, 11) is 0. The number of halogens is 1. The van der Waals surface area contributed by atoms with Gasteiger partial charge < -0.3 is 9.47 Å². The quantitative estimate of drug-likeness (QED) is 0.645. The molecule has 0 spiro atoms. The van der Waals surface area contributed by atoms with Crippen molar-refractivity contribution in [1.82, 2.24) is 0 Å². The molecule has 0 aromatic heterocycles. The Labute approximate surface area is 109 Å². The minimum atomic E-state index is -0.240. The number of rotatable bonds is 0. The van der Waals surface area contributed by atoms with Crippen molar-refractivity contribution in [1.29, 1.82) is 0 Å². The summed E-state index contributed by atoms with van der Waals surface area (Å²) in [6.45, 7) is 0.474. The zero-order valence-electron chi connectivity index (χ0n) is 9.58. The number of fused-ring (bicyclic) bond motifs is 2. The minimum Gasteiger partial charge on any atom is -0.455 e. The number of allylic oxidation sites excluding steroid dienone is 2. The third-order valence-electron chi connectivity index (χ3n) is 3.62. The van der Waals surface area contributed by atoms with Crippen LogP contribution in [0.2, 0.25) is 0 Å². The average Bonchev–Trinajstić information content (AvgIpc) is 2.51. The van der Waals surface area contributed by atoms with Gasteiger partial charge in [-0.15, -0.1) is 0 Å². The third-order valence-corrected chi connectivity index (χ3v) is 4.37. The molecule has 1 fully saturated rings. The van der Waals surface area contributed by atoms with Crippen LogP contribution < -0.4 is 0 Å². The highest BCUT2D eigenvalue weighted by Crippen LogP contribution is 2.41. The summed E-state index contributed by atoms with van der Waals surface area (Å²) < 4.78 is 12.3. The number of hydrogen-bond acceptors (Lipinski definition) is 3. The molecule has 4 heteroatoms. The second-order valence-electron chi connectivity index (χ2n) is 4.72. The zero-order valence-corrected chi connectivity index (χ0v) is 11.2. The lowest BCUT2D eigenvalue weighted by Gasteiger charge is -2.33. The van der Waals surface area contributed by atoms with E-state index in [1.165, 1.54) is 24.0 Å². The Kier molecular flexibility index (Phi) is 3.09. The van der Waals surface area contributed by atoms with Gasteiger partial charge >= 0.3 is 5.97 Å². The van der Waals surface area contributed by atoms with Crippen LogP contribution in [0.1, 0.15) is 32.1 Å². The molecule has 3 rings (SSSR count). The van der Waals surface area contributed by atoms with Crippen molar-refractivity contribution in [2.75, 3.05) is 6.61 Å². The van der Waals surface area contributed by atoms with Crippen molar-refractivity contribution in [3.63, 3.8) is 0 Å². The van der Waals surface area contributed by atoms with Crippen molar-refractivity contribution in [3.8, 4) is 0 Å². The van der Waals surface area contributed by atoms with E-state index in [4.69, 9.17) is 9.47 Å². The predicted molar refractivity (Wildman–Crippen MR) is 66.7 cm³/mol. The summed E-state index contributed by atoms with van der Waals surface area (Å²) >= 11 is 3.59. The van der Waals surface area contributed by atoms with Gasteiger partial charge in [-0.05, 0) is 42.9 Å². The third kappa shape index (κ3) is 2.08.